The van der Waals surface area contributed by atoms with Crippen molar-refractivity contribution >= 4 is 38.4 Å². The molecule has 1 aliphatic rings. The molecule has 0 radical (unpaired) electrons. The first-order valence-corrected chi connectivity index (χ1v) is 10.1. The molecule has 30 heavy (non-hydrogen) atoms. The molecule has 0 saturated carbocycles. The van der Waals surface area contributed by atoms with Crippen molar-refractivity contribution in [3.63, 3.8) is 0 Å². The molecule has 0 atom stereocenters. The lowest BCUT2D eigenvalue weighted by atomic mass is 10.2. The van der Waals surface area contributed by atoms with Gasteiger partial charge in [-0.1, -0.05) is 11.3 Å². The van der Waals surface area contributed by atoms with E-state index < -0.39 is 0 Å². The molecule has 11 heteroatoms. The van der Waals surface area contributed by atoms with E-state index in [9.17, 15) is 9.59 Å². The number of aromatic nitrogens is 3. The average molecular weight is 431 g/mol. The van der Waals surface area contributed by atoms with Crippen molar-refractivity contribution in [3.8, 4) is 11.5 Å². The number of carbonyl (C=O) groups excluding carboxylic acids is 1. The third kappa shape index (κ3) is 4.07. The molecule has 1 amide bonds. The molecule has 3 heterocycles. The van der Waals surface area contributed by atoms with Crippen LogP contribution in [-0.2, 0) is 16.1 Å². The summed E-state index contributed by atoms with van der Waals surface area (Å²) in [6, 6.07) is 5.07. The molecule has 1 aliphatic heterocycles. The van der Waals surface area contributed by atoms with Crippen molar-refractivity contribution < 1.29 is 19.0 Å². The Kier molecular flexibility index (Phi) is 5.81. The number of hydrogen-bond acceptors (Lipinski definition) is 9. The van der Waals surface area contributed by atoms with Crippen LogP contribution in [0.4, 0.5) is 10.8 Å². The maximum absolute atomic E-state index is 12.9. The van der Waals surface area contributed by atoms with Crippen LogP contribution < -0.4 is 25.2 Å². The number of morpholine rings is 1. The Morgan fingerprint density at radius 3 is 2.80 bits per heavy atom. The van der Waals surface area contributed by atoms with Crippen molar-refractivity contribution in [2.75, 3.05) is 50.7 Å². The van der Waals surface area contributed by atoms with E-state index in [1.165, 1.54) is 36.5 Å². The van der Waals surface area contributed by atoms with Crippen LogP contribution in [-0.4, -0.2) is 61.0 Å². The molecule has 10 nitrogen and oxygen atoms in total. The Bertz CT molecular complexity index is 1120. The molecule has 0 bridgehead atoms. The number of methoxy groups -OCH3 is 2. The number of nitrogens with one attached hydrogen (secondary N) is 1. The van der Waals surface area contributed by atoms with Gasteiger partial charge in [0.15, 0.2) is 10.8 Å². The van der Waals surface area contributed by atoms with Gasteiger partial charge in [0.25, 0.3) is 5.56 Å². The Morgan fingerprint density at radius 1 is 1.27 bits per heavy atom. The fourth-order valence-electron chi connectivity index (χ4n) is 3.09. The van der Waals surface area contributed by atoms with E-state index in [0.717, 1.165) is 18.2 Å². The van der Waals surface area contributed by atoms with Crippen LogP contribution in [0.15, 0.2) is 29.3 Å². The van der Waals surface area contributed by atoms with E-state index in [1.54, 1.807) is 18.2 Å². The Balaban J connectivity index is 1.54. The minimum atomic E-state index is -0.386. The zero-order valence-corrected chi connectivity index (χ0v) is 17.4. The van der Waals surface area contributed by atoms with Gasteiger partial charge in [0.1, 0.15) is 29.1 Å². The van der Waals surface area contributed by atoms with E-state index in [-0.39, 0.29) is 18.0 Å². The first kappa shape index (κ1) is 20.1. The molecule has 4 rings (SSSR count). The summed E-state index contributed by atoms with van der Waals surface area (Å²) in [5.74, 6) is 0.678. The summed E-state index contributed by atoms with van der Waals surface area (Å²) < 4.78 is 17.5. The number of benzene rings is 1. The van der Waals surface area contributed by atoms with Gasteiger partial charge in [-0.3, -0.25) is 14.2 Å². The summed E-state index contributed by atoms with van der Waals surface area (Å²) in [4.78, 5) is 36.2. The minimum Gasteiger partial charge on any atom is -0.497 e. The fourth-order valence-corrected chi connectivity index (χ4v) is 4.11. The smallest absolute Gasteiger partial charge is 0.273 e. The predicted octanol–water partition coefficient (Wildman–Crippen LogP) is 1.35. The third-order valence-electron chi connectivity index (χ3n) is 4.65. The number of nitrogens with zero attached hydrogens (tertiary/aromatic N) is 4. The van der Waals surface area contributed by atoms with Crippen LogP contribution in [0.1, 0.15) is 0 Å². The van der Waals surface area contributed by atoms with Crippen LogP contribution in [0.3, 0.4) is 0 Å². The molecular formula is C19H21N5O5S. The number of fused-ring (bicyclic) bond motifs is 1. The van der Waals surface area contributed by atoms with E-state index in [1.807, 2.05) is 0 Å². The number of thiazole rings is 1. The van der Waals surface area contributed by atoms with Gasteiger partial charge < -0.3 is 24.4 Å². The predicted molar refractivity (Wildman–Crippen MR) is 113 cm³/mol. The largest absolute Gasteiger partial charge is 0.497 e. The van der Waals surface area contributed by atoms with Gasteiger partial charge >= 0.3 is 0 Å². The number of ether oxygens (including phenoxy) is 3. The molecule has 1 saturated heterocycles. The van der Waals surface area contributed by atoms with E-state index >= 15 is 0 Å². The second-order valence-corrected chi connectivity index (χ2v) is 7.52. The molecule has 1 fully saturated rings. The first-order chi connectivity index (χ1) is 14.6. The van der Waals surface area contributed by atoms with Gasteiger partial charge in [0, 0.05) is 19.2 Å². The molecule has 0 aliphatic carbocycles. The number of amides is 1. The molecule has 1 aromatic carbocycles. The van der Waals surface area contributed by atoms with Gasteiger partial charge in [-0.2, -0.15) is 4.98 Å². The Hall–Kier alpha value is -3.18. The highest BCUT2D eigenvalue weighted by Gasteiger charge is 2.19. The third-order valence-corrected chi connectivity index (χ3v) is 5.74. The first-order valence-electron chi connectivity index (χ1n) is 9.29. The summed E-state index contributed by atoms with van der Waals surface area (Å²) in [7, 11) is 3.05. The highest BCUT2D eigenvalue weighted by molar-refractivity contribution is 7.22. The molecular weight excluding hydrogens is 410 g/mol. The minimum absolute atomic E-state index is 0.188. The van der Waals surface area contributed by atoms with E-state index in [0.29, 0.717) is 40.7 Å². The summed E-state index contributed by atoms with van der Waals surface area (Å²) in [6.45, 7) is 2.51. The summed E-state index contributed by atoms with van der Waals surface area (Å²) >= 11 is 1.28. The van der Waals surface area contributed by atoms with Crippen molar-refractivity contribution in [2.24, 2.45) is 0 Å². The number of hydrogen-bond donors (Lipinski definition) is 1. The molecule has 158 valence electrons. The molecule has 3 aromatic rings. The monoisotopic (exact) mass is 431 g/mol. The van der Waals surface area contributed by atoms with Gasteiger partial charge in [-0.15, -0.1) is 0 Å². The van der Waals surface area contributed by atoms with Gasteiger partial charge in [-0.05, 0) is 12.1 Å². The van der Waals surface area contributed by atoms with Crippen LogP contribution in [0.25, 0.3) is 10.3 Å². The standard InChI is InChI=1S/C19H21N5O5S/c1-27-12-3-4-14(28-2)13(9-12)21-15(25)10-24-11-20-17-16(18(24)26)30-19(22-17)23-5-7-29-8-6-23/h3-4,9,11H,5-8,10H2,1-2H3,(H,21,25). The highest BCUT2D eigenvalue weighted by atomic mass is 32.1. The lowest BCUT2D eigenvalue weighted by molar-refractivity contribution is -0.116. The van der Waals surface area contributed by atoms with Crippen molar-refractivity contribution in [3.05, 3.63) is 34.9 Å². The second kappa shape index (κ2) is 8.67. The summed E-state index contributed by atoms with van der Waals surface area (Å²) in [5.41, 5.74) is 0.540. The maximum atomic E-state index is 12.9. The Labute approximate surface area is 176 Å². The van der Waals surface area contributed by atoms with Crippen LogP contribution in [0.5, 0.6) is 11.5 Å². The second-order valence-electron chi connectivity index (χ2n) is 6.54. The number of carbonyl (C=O) groups is 1. The highest BCUT2D eigenvalue weighted by Crippen LogP contribution is 2.29. The molecule has 1 N–H and O–H groups in total. The van der Waals surface area contributed by atoms with Gasteiger partial charge in [-0.25, -0.2) is 4.98 Å². The van der Waals surface area contributed by atoms with Crippen LogP contribution in [0, 0.1) is 0 Å². The molecule has 2 aromatic heterocycles. The molecule has 0 unspecified atom stereocenters. The topological polar surface area (TPSA) is 108 Å². The van der Waals surface area contributed by atoms with Gasteiger partial charge in [0.2, 0.25) is 5.91 Å². The zero-order chi connectivity index (χ0) is 21.1. The average Bonchev–Trinajstić information content (AvgIpc) is 3.21. The number of rotatable bonds is 6. The lowest BCUT2D eigenvalue weighted by Crippen LogP contribution is -2.36. The fraction of sp³-hybridized carbons (Fsp3) is 0.368. The Morgan fingerprint density at radius 2 is 2.07 bits per heavy atom. The van der Waals surface area contributed by atoms with E-state index in [2.05, 4.69) is 20.2 Å². The van der Waals surface area contributed by atoms with Crippen LogP contribution >= 0.6 is 11.3 Å². The van der Waals surface area contributed by atoms with E-state index in [4.69, 9.17) is 14.2 Å². The van der Waals surface area contributed by atoms with Crippen molar-refractivity contribution in [1.82, 2.24) is 14.5 Å². The normalized spacial score (nSPS) is 14.0. The summed E-state index contributed by atoms with van der Waals surface area (Å²) in [5, 5.41) is 3.49. The lowest BCUT2D eigenvalue weighted by Gasteiger charge is -2.25. The SMILES string of the molecule is COc1ccc(OC)c(NC(=O)Cn2cnc3nc(N4CCOCC4)sc3c2=O)c1. The quantitative estimate of drug-likeness (QED) is 0.623. The van der Waals surface area contributed by atoms with Crippen molar-refractivity contribution in [2.45, 2.75) is 6.54 Å². The maximum Gasteiger partial charge on any atom is 0.273 e. The summed E-state index contributed by atoms with van der Waals surface area (Å²) in [6.07, 6.45) is 1.34. The number of anilines is 2. The molecule has 0 spiro atoms. The van der Waals surface area contributed by atoms with Gasteiger partial charge in [0.05, 0.1) is 33.1 Å². The zero-order valence-electron chi connectivity index (χ0n) is 16.6. The van der Waals surface area contributed by atoms with Crippen molar-refractivity contribution in [1.29, 1.82) is 0 Å². The van der Waals surface area contributed by atoms with Crippen LogP contribution in [0.2, 0.25) is 0 Å².